The normalized spacial score (nSPS) is 25.4. The zero-order valence-corrected chi connectivity index (χ0v) is 9.80. The Balaban J connectivity index is 1.78. The predicted molar refractivity (Wildman–Crippen MR) is 64.4 cm³/mol. The highest BCUT2D eigenvalue weighted by atomic mass is 16.5. The molecule has 88 valence electrons. The number of hydrogen-bond acceptors (Lipinski definition) is 2. The number of benzene rings is 1. The molecule has 3 atom stereocenters. The lowest BCUT2D eigenvalue weighted by Crippen LogP contribution is -2.18. The molecule has 3 unspecified atom stereocenters. The predicted octanol–water partition coefficient (Wildman–Crippen LogP) is 2.58. The van der Waals surface area contributed by atoms with Gasteiger partial charge in [0.1, 0.15) is 0 Å². The van der Waals surface area contributed by atoms with Crippen LogP contribution in [0.3, 0.4) is 0 Å². The van der Waals surface area contributed by atoms with E-state index in [0.717, 1.165) is 19.4 Å². The first-order valence-corrected chi connectivity index (χ1v) is 6.13. The number of hydrogen-bond donors (Lipinski definition) is 1. The second-order valence-electron chi connectivity index (χ2n) is 4.56. The molecule has 0 spiro atoms. The molecule has 1 aliphatic rings. The van der Waals surface area contributed by atoms with Crippen LogP contribution in [0.5, 0.6) is 0 Å². The molecule has 0 saturated heterocycles. The molecule has 2 heteroatoms. The molecule has 1 N–H and O–H groups in total. The van der Waals surface area contributed by atoms with Crippen molar-refractivity contribution >= 4 is 0 Å². The van der Waals surface area contributed by atoms with E-state index in [-0.39, 0.29) is 6.10 Å². The lowest BCUT2D eigenvalue weighted by Gasteiger charge is -2.10. The summed E-state index contributed by atoms with van der Waals surface area (Å²) < 4.78 is 5.38. The number of rotatable bonds is 6. The van der Waals surface area contributed by atoms with Gasteiger partial charge in [0.2, 0.25) is 0 Å². The second kappa shape index (κ2) is 5.46. The van der Waals surface area contributed by atoms with Crippen molar-refractivity contribution in [1.29, 1.82) is 0 Å². The molecular weight excluding hydrogens is 200 g/mol. The monoisotopic (exact) mass is 220 g/mol. The third kappa shape index (κ3) is 2.83. The van der Waals surface area contributed by atoms with Crippen LogP contribution in [0.2, 0.25) is 0 Å². The van der Waals surface area contributed by atoms with Crippen LogP contribution in [0.1, 0.15) is 31.2 Å². The summed E-state index contributed by atoms with van der Waals surface area (Å²) in [5.41, 5.74) is 1.35. The minimum Gasteiger partial charge on any atom is -0.390 e. The highest BCUT2D eigenvalue weighted by molar-refractivity contribution is 5.26. The van der Waals surface area contributed by atoms with Gasteiger partial charge in [0, 0.05) is 6.61 Å². The van der Waals surface area contributed by atoms with Gasteiger partial charge < -0.3 is 9.84 Å². The van der Waals surface area contributed by atoms with Gasteiger partial charge in [-0.05, 0) is 30.2 Å². The molecule has 1 fully saturated rings. The standard InChI is InChI=1S/C14H20O2/c1-2-8-16-10-14(15)13-9-12(13)11-6-4-3-5-7-11/h3-7,12-15H,2,8-10H2,1H3. The van der Waals surface area contributed by atoms with Crippen LogP contribution in [0.25, 0.3) is 0 Å². The van der Waals surface area contributed by atoms with Crippen LogP contribution >= 0.6 is 0 Å². The van der Waals surface area contributed by atoms with Crippen molar-refractivity contribution in [2.24, 2.45) is 5.92 Å². The molecule has 16 heavy (non-hydrogen) atoms. The summed E-state index contributed by atoms with van der Waals surface area (Å²) in [6.45, 7) is 3.32. The van der Waals surface area contributed by atoms with Crippen molar-refractivity contribution < 1.29 is 9.84 Å². The van der Waals surface area contributed by atoms with E-state index in [4.69, 9.17) is 4.74 Å². The van der Waals surface area contributed by atoms with E-state index < -0.39 is 0 Å². The Hall–Kier alpha value is -0.860. The maximum atomic E-state index is 9.92. The Morgan fingerprint density at radius 2 is 2.12 bits per heavy atom. The van der Waals surface area contributed by atoms with Crippen molar-refractivity contribution in [3.63, 3.8) is 0 Å². The van der Waals surface area contributed by atoms with Crippen LogP contribution < -0.4 is 0 Å². The molecule has 2 rings (SSSR count). The van der Waals surface area contributed by atoms with E-state index in [9.17, 15) is 5.11 Å². The maximum Gasteiger partial charge on any atom is 0.0807 e. The SMILES string of the molecule is CCCOCC(O)C1CC1c1ccccc1. The highest BCUT2D eigenvalue weighted by Crippen LogP contribution is 2.49. The van der Waals surface area contributed by atoms with E-state index in [1.807, 2.05) is 6.07 Å². The fraction of sp³-hybridized carbons (Fsp3) is 0.571. The van der Waals surface area contributed by atoms with Crippen LogP contribution in [0.15, 0.2) is 30.3 Å². The van der Waals surface area contributed by atoms with Gasteiger partial charge in [0.25, 0.3) is 0 Å². The van der Waals surface area contributed by atoms with E-state index in [1.54, 1.807) is 0 Å². The molecule has 0 aromatic heterocycles. The Morgan fingerprint density at radius 3 is 2.81 bits per heavy atom. The Bertz CT molecular complexity index is 310. The topological polar surface area (TPSA) is 29.5 Å². The molecule has 2 nitrogen and oxygen atoms in total. The summed E-state index contributed by atoms with van der Waals surface area (Å²) in [5, 5.41) is 9.92. The third-order valence-corrected chi connectivity index (χ3v) is 3.20. The van der Waals surface area contributed by atoms with Crippen molar-refractivity contribution in [1.82, 2.24) is 0 Å². The van der Waals surface area contributed by atoms with Gasteiger partial charge in [0.05, 0.1) is 12.7 Å². The van der Waals surface area contributed by atoms with Gasteiger partial charge in [-0.25, -0.2) is 0 Å². The first-order chi connectivity index (χ1) is 7.83. The lowest BCUT2D eigenvalue weighted by atomic mass is 10.1. The van der Waals surface area contributed by atoms with E-state index >= 15 is 0 Å². The van der Waals surface area contributed by atoms with Crippen molar-refractivity contribution in [2.45, 2.75) is 31.8 Å². The summed E-state index contributed by atoms with van der Waals surface area (Å²) in [6.07, 6.45) is 1.82. The highest BCUT2D eigenvalue weighted by Gasteiger charge is 2.43. The number of aliphatic hydroxyl groups is 1. The molecule has 1 aromatic carbocycles. The average Bonchev–Trinajstić information content (AvgIpc) is 3.10. The number of aliphatic hydroxyl groups excluding tert-OH is 1. The Labute approximate surface area is 97.3 Å². The molecule has 0 amide bonds. The van der Waals surface area contributed by atoms with E-state index in [0.29, 0.717) is 18.4 Å². The molecular formula is C14H20O2. The minimum atomic E-state index is -0.295. The van der Waals surface area contributed by atoms with E-state index in [2.05, 4.69) is 31.2 Å². The van der Waals surface area contributed by atoms with Gasteiger partial charge in [0.15, 0.2) is 0 Å². The second-order valence-corrected chi connectivity index (χ2v) is 4.56. The van der Waals surface area contributed by atoms with Crippen molar-refractivity contribution in [2.75, 3.05) is 13.2 Å². The first-order valence-electron chi connectivity index (χ1n) is 6.13. The van der Waals surface area contributed by atoms with Gasteiger partial charge in [-0.15, -0.1) is 0 Å². The van der Waals surface area contributed by atoms with Crippen LogP contribution in [-0.2, 0) is 4.74 Å². The molecule has 1 aliphatic carbocycles. The fourth-order valence-electron chi connectivity index (χ4n) is 2.20. The number of ether oxygens (including phenoxy) is 1. The summed E-state index contributed by atoms with van der Waals surface area (Å²) in [4.78, 5) is 0. The average molecular weight is 220 g/mol. The van der Waals surface area contributed by atoms with Crippen molar-refractivity contribution in [3.05, 3.63) is 35.9 Å². The Morgan fingerprint density at radius 1 is 1.38 bits per heavy atom. The van der Waals surface area contributed by atoms with E-state index in [1.165, 1.54) is 5.56 Å². The quantitative estimate of drug-likeness (QED) is 0.747. The fourth-order valence-corrected chi connectivity index (χ4v) is 2.20. The van der Waals surface area contributed by atoms with Crippen LogP contribution in [-0.4, -0.2) is 24.4 Å². The van der Waals surface area contributed by atoms with Crippen molar-refractivity contribution in [3.8, 4) is 0 Å². The maximum absolute atomic E-state index is 9.92. The minimum absolute atomic E-state index is 0.295. The van der Waals surface area contributed by atoms with Gasteiger partial charge in [-0.1, -0.05) is 37.3 Å². The lowest BCUT2D eigenvalue weighted by molar-refractivity contribution is 0.0247. The van der Waals surface area contributed by atoms with Gasteiger partial charge in [-0.3, -0.25) is 0 Å². The van der Waals surface area contributed by atoms with Gasteiger partial charge in [-0.2, -0.15) is 0 Å². The van der Waals surface area contributed by atoms with Crippen LogP contribution in [0.4, 0.5) is 0 Å². The third-order valence-electron chi connectivity index (χ3n) is 3.20. The summed E-state index contributed by atoms with van der Waals surface area (Å²) in [6, 6.07) is 10.4. The molecule has 0 radical (unpaired) electrons. The molecule has 1 aromatic rings. The summed E-state index contributed by atoms with van der Waals surface area (Å²) >= 11 is 0. The molecule has 0 heterocycles. The van der Waals surface area contributed by atoms with Crippen LogP contribution in [0, 0.1) is 5.92 Å². The molecule has 0 aliphatic heterocycles. The molecule has 0 bridgehead atoms. The largest absolute Gasteiger partial charge is 0.390 e. The zero-order chi connectivity index (χ0) is 11.4. The summed E-state index contributed by atoms with van der Waals surface area (Å²) in [7, 11) is 0. The van der Waals surface area contributed by atoms with Gasteiger partial charge >= 0.3 is 0 Å². The zero-order valence-electron chi connectivity index (χ0n) is 9.80. The Kier molecular flexibility index (Phi) is 3.97. The molecule has 1 saturated carbocycles. The summed E-state index contributed by atoms with van der Waals surface area (Å²) in [5.74, 6) is 0.945. The first kappa shape index (κ1) is 11.6. The smallest absolute Gasteiger partial charge is 0.0807 e.